The first-order valence-electron chi connectivity index (χ1n) is 10.3. The molecule has 1 aliphatic rings. The molecule has 4 aromatic rings. The monoisotopic (exact) mass is 452 g/mol. The van der Waals surface area contributed by atoms with E-state index in [2.05, 4.69) is 24.8 Å². The van der Waals surface area contributed by atoms with Crippen molar-refractivity contribution in [3.63, 3.8) is 0 Å². The second-order valence-corrected chi connectivity index (χ2v) is 7.61. The zero-order valence-electron chi connectivity index (χ0n) is 17.4. The zero-order chi connectivity index (χ0) is 23.0. The zero-order valence-corrected chi connectivity index (χ0v) is 17.4. The Balaban J connectivity index is 1.37. The van der Waals surface area contributed by atoms with E-state index in [9.17, 15) is 13.2 Å². The smallest absolute Gasteiger partial charge is 0.384 e. The van der Waals surface area contributed by atoms with Gasteiger partial charge in [-0.1, -0.05) is 0 Å². The first kappa shape index (κ1) is 20.9. The van der Waals surface area contributed by atoms with Crippen molar-refractivity contribution in [2.75, 3.05) is 41.7 Å². The van der Waals surface area contributed by atoms with Crippen molar-refractivity contribution in [2.24, 2.45) is 0 Å². The van der Waals surface area contributed by atoms with Gasteiger partial charge in [0, 0.05) is 44.1 Å². The van der Waals surface area contributed by atoms with Gasteiger partial charge in [-0.15, -0.1) is 0 Å². The predicted molar refractivity (Wildman–Crippen MR) is 119 cm³/mol. The molecule has 0 bridgehead atoms. The van der Waals surface area contributed by atoms with Crippen LogP contribution in [0.3, 0.4) is 0 Å². The number of nitrogens with zero attached hydrogens (tertiary/aromatic N) is 7. The molecule has 5 heterocycles. The van der Waals surface area contributed by atoms with Crippen molar-refractivity contribution in [1.29, 1.82) is 0 Å². The normalized spacial score (nSPS) is 14.6. The maximum absolute atomic E-state index is 12.8. The van der Waals surface area contributed by atoms with Crippen LogP contribution in [0, 0.1) is 0 Å². The van der Waals surface area contributed by atoms with Gasteiger partial charge in [-0.2, -0.15) is 13.2 Å². The molecule has 1 saturated heterocycles. The van der Waals surface area contributed by atoms with E-state index in [1.54, 1.807) is 12.3 Å². The molecular formula is C22H19F3N8. The summed E-state index contributed by atoms with van der Waals surface area (Å²) in [4.78, 5) is 25.7. The van der Waals surface area contributed by atoms with Crippen LogP contribution in [0.2, 0.25) is 0 Å². The minimum atomic E-state index is -4.40. The quantitative estimate of drug-likeness (QED) is 0.505. The van der Waals surface area contributed by atoms with Crippen molar-refractivity contribution >= 4 is 28.5 Å². The Morgan fingerprint density at radius 3 is 2.33 bits per heavy atom. The van der Waals surface area contributed by atoms with Crippen LogP contribution in [-0.2, 0) is 6.18 Å². The number of pyridine rings is 3. The van der Waals surface area contributed by atoms with Gasteiger partial charge in [0.15, 0.2) is 5.82 Å². The average Bonchev–Trinajstić information content (AvgIpc) is 2.83. The van der Waals surface area contributed by atoms with Gasteiger partial charge in [-0.25, -0.2) is 24.9 Å². The van der Waals surface area contributed by atoms with E-state index in [-0.39, 0.29) is 0 Å². The fourth-order valence-corrected chi connectivity index (χ4v) is 3.82. The van der Waals surface area contributed by atoms with Crippen LogP contribution in [0.25, 0.3) is 22.3 Å². The van der Waals surface area contributed by atoms with Crippen molar-refractivity contribution in [3.05, 3.63) is 60.7 Å². The van der Waals surface area contributed by atoms with E-state index < -0.39 is 11.7 Å². The highest BCUT2D eigenvalue weighted by molar-refractivity contribution is 5.87. The Morgan fingerprint density at radius 2 is 1.64 bits per heavy atom. The lowest BCUT2D eigenvalue weighted by Crippen LogP contribution is -2.47. The highest BCUT2D eigenvalue weighted by Gasteiger charge is 2.31. The number of fused-ring (bicyclic) bond motifs is 1. The Kier molecular flexibility index (Phi) is 5.15. The summed E-state index contributed by atoms with van der Waals surface area (Å²) in [7, 11) is 0. The molecule has 2 N–H and O–H groups in total. The lowest BCUT2D eigenvalue weighted by molar-refractivity contribution is -0.137. The molecule has 1 aliphatic heterocycles. The third-order valence-electron chi connectivity index (χ3n) is 5.52. The fraction of sp³-hybridized carbons (Fsp3) is 0.227. The second-order valence-electron chi connectivity index (χ2n) is 7.61. The van der Waals surface area contributed by atoms with Crippen molar-refractivity contribution in [3.8, 4) is 11.3 Å². The van der Waals surface area contributed by atoms with Crippen LogP contribution in [-0.4, -0.2) is 51.1 Å². The van der Waals surface area contributed by atoms with Gasteiger partial charge in [0.1, 0.15) is 23.5 Å². The molecule has 5 rings (SSSR count). The fourth-order valence-electron chi connectivity index (χ4n) is 3.82. The lowest BCUT2D eigenvalue weighted by Gasteiger charge is -2.36. The van der Waals surface area contributed by atoms with E-state index in [0.717, 1.165) is 29.0 Å². The summed E-state index contributed by atoms with van der Waals surface area (Å²) in [5.74, 6) is 1.64. The molecule has 0 aliphatic carbocycles. The molecule has 1 fully saturated rings. The van der Waals surface area contributed by atoms with Gasteiger partial charge in [0.25, 0.3) is 0 Å². The summed E-state index contributed by atoms with van der Waals surface area (Å²) in [5, 5.41) is 0. The summed E-state index contributed by atoms with van der Waals surface area (Å²) in [6.45, 7) is 2.40. The molecular weight excluding hydrogens is 433 g/mol. The highest BCUT2D eigenvalue weighted by atomic mass is 19.4. The number of nitrogen functional groups attached to an aromatic ring is 1. The van der Waals surface area contributed by atoms with Crippen molar-refractivity contribution in [1.82, 2.24) is 24.9 Å². The van der Waals surface area contributed by atoms with Crippen LogP contribution in [0.1, 0.15) is 5.56 Å². The maximum atomic E-state index is 12.8. The molecule has 0 spiro atoms. The van der Waals surface area contributed by atoms with Crippen molar-refractivity contribution in [2.45, 2.75) is 6.18 Å². The first-order chi connectivity index (χ1) is 15.9. The van der Waals surface area contributed by atoms with E-state index in [1.165, 1.54) is 12.4 Å². The van der Waals surface area contributed by atoms with Crippen LogP contribution in [0.4, 0.5) is 30.6 Å². The lowest BCUT2D eigenvalue weighted by atomic mass is 10.1. The van der Waals surface area contributed by atoms with Crippen LogP contribution in [0.5, 0.6) is 0 Å². The van der Waals surface area contributed by atoms with Gasteiger partial charge in [0.2, 0.25) is 0 Å². The minimum Gasteiger partial charge on any atom is -0.384 e. The molecule has 4 aromatic heterocycles. The first-order valence-corrected chi connectivity index (χ1v) is 10.3. The summed E-state index contributed by atoms with van der Waals surface area (Å²) in [6.07, 6.45) is -0.385. The summed E-state index contributed by atoms with van der Waals surface area (Å²) >= 11 is 0. The number of anilines is 3. The molecule has 168 valence electrons. The van der Waals surface area contributed by atoms with E-state index in [4.69, 9.17) is 10.7 Å². The largest absolute Gasteiger partial charge is 0.417 e. The second kappa shape index (κ2) is 8.15. The molecule has 0 amide bonds. The Labute approximate surface area is 187 Å². The van der Waals surface area contributed by atoms with E-state index in [0.29, 0.717) is 49.1 Å². The molecule has 8 nitrogen and oxygen atoms in total. The molecule has 0 aromatic carbocycles. The predicted octanol–water partition coefficient (Wildman–Crippen LogP) is 3.41. The average molecular weight is 452 g/mol. The van der Waals surface area contributed by atoms with E-state index in [1.807, 2.05) is 23.1 Å². The topological polar surface area (TPSA) is 97.0 Å². The van der Waals surface area contributed by atoms with Crippen LogP contribution >= 0.6 is 0 Å². The van der Waals surface area contributed by atoms with Crippen molar-refractivity contribution < 1.29 is 13.2 Å². The molecule has 33 heavy (non-hydrogen) atoms. The summed E-state index contributed by atoms with van der Waals surface area (Å²) in [5.41, 5.74) is 8.03. The number of piperazine rings is 1. The molecule has 0 unspecified atom stereocenters. The van der Waals surface area contributed by atoms with Gasteiger partial charge in [-0.05, 0) is 36.4 Å². The van der Waals surface area contributed by atoms with Crippen LogP contribution in [0.15, 0.2) is 55.1 Å². The minimum absolute atomic E-state index is 0.409. The number of rotatable bonds is 3. The third-order valence-corrected chi connectivity index (χ3v) is 5.52. The number of hydrogen-bond donors (Lipinski definition) is 1. The number of hydrogen-bond acceptors (Lipinski definition) is 8. The summed E-state index contributed by atoms with van der Waals surface area (Å²) < 4.78 is 38.4. The van der Waals surface area contributed by atoms with E-state index >= 15 is 0 Å². The molecule has 0 radical (unpaired) electrons. The Morgan fingerprint density at radius 1 is 0.848 bits per heavy atom. The maximum Gasteiger partial charge on any atom is 0.417 e. The molecule has 0 saturated carbocycles. The van der Waals surface area contributed by atoms with Gasteiger partial charge in [-0.3, -0.25) is 0 Å². The van der Waals surface area contributed by atoms with Gasteiger partial charge in [0.05, 0.1) is 16.8 Å². The molecule has 11 heteroatoms. The number of nitrogens with two attached hydrogens (primary N) is 1. The summed E-state index contributed by atoms with van der Waals surface area (Å²) in [6, 6.07) is 9.83. The standard InChI is InChI=1S/C22H19F3N8/c23-22(24,25)15-1-4-19(28-12-15)32-7-9-33(10-8-32)21-20-17(29-13-30-21)3-2-16(31-20)14-5-6-27-18(26)11-14/h1-6,11-13H,7-10H2,(H2,26,27). The number of halogens is 3. The third kappa shape index (κ3) is 4.21. The number of aromatic nitrogens is 5. The number of alkyl halides is 3. The molecule has 0 atom stereocenters. The van der Waals surface area contributed by atoms with Gasteiger partial charge < -0.3 is 15.5 Å². The van der Waals surface area contributed by atoms with Gasteiger partial charge >= 0.3 is 6.18 Å². The SMILES string of the molecule is Nc1cc(-c2ccc3ncnc(N4CCN(c5ccc(C(F)(F)F)cn5)CC4)c3n2)ccn1. The highest BCUT2D eigenvalue weighted by Crippen LogP contribution is 2.30. The Hall–Kier alpha value is -4.02. The Bertz CT molecular complexity index is 1290. The van der Waals surface area contributed by atoms with Crippen LogP contribution < -0.4 is 15.5 Å².